The van der Waals surface area contributed by atoms with Crippen LogP contribution in [-0.4, -0.2) is 63.3 Å². The molecule has 1 aromatic carbocycles. The van der Waals surface area contributed by atoms with Gasteiger partial charge in [-0.1, -0.05) is 60.9 Å². The molecule has 1 atom stereocenters. The van der Waals surface area contributed by atoms with Gasteiger partial charge in [-0.05, 0) is 32.3 Å². The van der Waals surface area contributed by atoms with Gasteiger partial charge in [-0.2, -0.15) is 0 Å². The number of amides is 1. The van der Waals surface area contributed by atoms with Gasteiger partial charge in [0.1, 0.15) is 0 Å². The summed E-state index contributed by atoms with van der Waals surface area (Å²) in [5, 5.41) is 9.43. The van der Waals surface area contributed by atoms with Crippen LogP contribution in [0.25, 0.3) is 11.4 Å². The summed E-state index contributed by atoms with van der Waals surface area (Å²) in [6.45, 7) is 6.44. The van der Waals surface area contributed by atoms with Gasteiger partial charge in [-0.25, -0.2) is 8.42 Å². The normalized spacial score (nSPS) is 20.6. The molecule has 9 heteroatoms. The van der Waals surface area contributed by atoms with Gasteiger partial charge in [-0.3, -0.25) is 9.36 Å². The fraction of sp³-hybridized carbons (Fsp3) is 0.542. The van der Waals surface area contributed by atoms with E-state index in [0.29, 0.717) is 18.1 Å². The number of hydrogen-bond acceptors (Lipinski definition) is 6. The van der Waals surface area contributed by atoms with Gasteiger partial charge in [-0.15, -0.1) is 16.8 Å². The van der Waals surface area contributed by atoms with Crippen LogP contribution in [0, 0.1) is 6.92 Å². The molecule has 1 amide bonds. The van der Waals surface area contributed by atoms with Crippen molar-refractivity contribution in [1.29, 1.82) is 0 Å². The largest absolute Gasteiger partial charge is 0.335 e. The molecule has 1 aromatic heterocycles. The Morgan fingerprint density at radius 1 is 1.21 bits per heavy atom. The van der Waals surface area contributed by atoms with Crippen LogP contribution in [0.2, 0.25) is 0 Å². The van der Waals surface area contributed by atoms with Gasteiger partial charge in [0.25, 0.3) is 0 Å². The minimum Gasteiger partial charge on any atom is -0.335 e. The number of nitrogens with zero attached hydrogens (tertiary/aromatic N) is 4. The molecule has 0 unspecified atom stereocenters. The number of carbonyl (C=O) groups excluding carboxylic acids is 1. The molecule has 4 rings (SSSR count). The Bertz CT molecular complexity index is 1110. The van der Waals surface area contributed by atoms with Gasteiger partial charge in [0.05, 0.1) is 17.3 Å². The fourth-order valence-electron chi connectivity index (χ4n) is 4.95. The van der Waals surface area contributed by atoms with E-state index in [-0.39, 0.29) is 35.2 Å². The Hall–Kier alpha value is -2.13. The number of carbonyl (C=O) groups is 1. The number of aryl methyl sites for hydroxylation is 1. The third kappa shape index (κ3) is 5.69. The number of allylic oxidation sites excluding steroid dienone is 1. The number of hydrogen-bond donors (Lipinski definition) is 0. The molecule has 1 saturated heterocycles. The third-order valence-corrected chi connectivity index (χ3v) is 9.19. The molecule has 0 bridgehead atoms. The van der Waals surface area contributed by atoms with Gasteiger partial charge in [0, 0.05) is 24.2 Å². The lowest BCUT2D eigenvalue weighted by atomic mass is 9.93. The third-order valence-electron chi connectivity index (χ3n) is 6.49. The van der Waals surface area contributed by atoms with E-state index >= 15 is 0 Å². The van der Waals surface area contributed by atoms with E-state index in [0.717, 1.165) is 42.6 Å². The highest BCUT2D eigenvalue weighted by Gasteiger charge is 2.38. The topological polar surface area (TPSA) is 85.2 Å². The maximum Gasteiger partial charge on any atom is 0.233 e. The standard InChI is InChI=1S/C24H32N4O3S2/c1-3-13-27-23(19-9-7-8-18(2)15-19)25-26-24(27)32-16-22(29)28(20-10-5-4-6-11-20)21-12-14-33(30,31)17-21/h3,7-9,15,20-21H,1,4-6,10-14,16-17H2,2H3/t21-/m0/s1. The lowest BCUT2D eigenvalue weighted by Crippen LogP contribution is -2.49. The van der Waals surface area contributed by atoms with E-state index in [1.165, 1.54) is 18.2 Å². The number of thioether (sulfide) groups is 1. The Morgan fingerprint density at radius 2 is 2.00 bits per heavy atom. The van der Waals surface area contributed by atoms with E-state index < -0.39 is 9.84 Å². The number of sulfone groups is 1. The molecule has 2 aliphatic rings. The average molecular weight is 489 g/mol. The first-order valence-electron chi connectivity index (χ1n) is 11.6. The monoisotopic (exact) mass is 488 g/mol. The molecular formula is C24H32N4O3S2. The van der Waals surface area contributed by atoms with Crippen molar-refractivity contribution in [3.63, 3.8) is 0 Å². The van der Waals surface area contributed by atoms with Gasteiger partial charge in [0.15, 0.2) is 20.8 Å². The van der Waals surface area contributed by atoms with Crippen LogP contribution in [0.15, 0.2) is 42.1 Å². The maximum atomic E-state index is 13.4. The van der Waals surface area contributed by atoms with Crippen LogP contribution in [0.5, 0.6) is 0 Å². The molecule has 1 aliphatic heterocycles. The smallest absolute Gasteiger partial charge is 0.233 e. The Morgan fingerprint density at radius 3 is 2.67 bits per heavy atom. The van der Waals surface area contributed by atoms with Crippen LogP contribution in [0.1, 0.15) is 44.1 Å². The van der Waals surface area contributed by atoms with E-state index in [2.05, 4.69) is 22.8 Å². The average Bonchev–Trinajstić information content (AvgIpc) is 3.36. The van der Waals surface area contributed by atoms with Crippen molar-refractivity contribution >= 4 is 27.5 Å². The zero-order valence-electron chi connectivity index (χ0n) is 19.1. The lowest BCUT2D eigenvalue weighted by Gasteiger charge is -2.38. The van der Waals surface area contributed by atoms with Crippen LogP contribution in [0.3, 0.4) is 0 Å². The molecule has 2 aromatic rings. The highest BCUT2D eigenvalue weighted by molar-refractivity contribution is 7.99. The molecule has 1 aliphatic carbocycles. The van der Waals surface area contributed by atoms with Crippen LogP contribution >= 0.6 is 11.8 Å². The highest BCUT2D eigenvalue weighted by Crippen LogP contribution is 2.30. The SMILES string of the molecule is C=CCn1c(SCC(=O)N(C2CCCCC2)[C@H]2CCS(=O)(=O)C2)nnc1-c1cccc(C)c1. The number of benzene rings is 1. The van der Waals surface area contributed by atoms with Crippen LogP contribution < -0.4 is 0 Å². The van der Waals surface area contributed by atoms with E-state index in [4.69, 9.17) is 0 Å². The molecule has 1 saturated carbocycles. The molecular weight excluding hydrogens is 456 g/mol. The summed E-state index contributed by atoms with van der Waals surface area (Å²) in [5.41, 5.74) is 2.11. The number of rotatable bonds is 8. The molecule has 0 N–H and O–H groups in total. The summed E-state index contributed by atoms with van der Waals surface area (Å²) in [7, 11) is -3.06. The minimum absolute atomic E-state index is 0.000686. The molecule has 178 valence electrons. The second kappa shape index (κ2) is 10.4. The van der Waals surface area contributed by atoms with E-state index in [9.17, 15) is 13.2 Å². The van der Waals surface area contributed by atoms with Crippen molar-refractivity contribution < 1.29 is 13.2 Å². The summed E-state index contributed by atoms with van der Waals surface area (Å²) in [6, 6.07) is 8.02. The fourth-order valence-corrected chi connectivity index (χ4v) is 7.48. The van der Waals surface area contributed by atoms with Crippen molar-refractivity contribution in [3.8, 4) is 11.4 Å². The Labute approximate surface area is 200 Å². The summed E-state index contributed by atoms with van der Waals surface area (Å²) < 4.78 is 26.2. The summed E-state index contributed by atoms with van der Waals surface area (Å²) in [5.74, 6) is 1.23. The molecule has 0 spiro atoms. The van der Waals surface area contributed by atoms with E-state index in [1.54, 1.807) is 6.08 Å². The predicted octanol–water partition coefficient (Wildman–Crippen LogP) is 3.88. The summed E-state index contributed by atoms with van der Waals surface area (Å²) in [4.78, 5) is 15.3. The van der Waals surface area contributed by atoms with Gasteiger partial charge >= 0.3 is 0 Å². The molecule has 2 heterocycles. The molecule has 2 fully saturated rings. The first-order valence-corrected chi connectivity index (χ1v) is 14.4. The van der Waals surface area contributed by atoms with Crippen molar-refractivity contribution in [1.82, 2.24) is 19.7 Å². The lowest BCUT2D eigenvalue weighted by molar-refractivity contribution is -0.133. The maximum absolute atomic E-state index is 13.4. The second-order valence-corrected chi connectivity index (χ2v) is 12.2. The predicted molar refractivity (Wildman–Crippen MR) is 132 cm³/mol. The van der Waals surface area contributed by atoms with Crippen molar-refractivity contribution in [2.24, 2.45) is 0 Å². The first kappa shape index (κ1) is 24.0. The Kier molecular flexibility index (Phi) is 7.58. The second-order valence-electron chi connectivity index (χ2n) is 9.01. The Balaban J connectivity index is 1.53. The molecule has 7 nitrogen and oxygen atoms in total. The van der Waals surface area contributed by atoms with E-state index in [1.807, 2.05) is 34.6 Å². The summed E-state index contributed by atoms with van der Waals surface area (Å²) >= 11 is 1.37. The van der Waals surface area contributed by atoms with Crippen molar-refractivity contribution in [3.05, 3.63) is 42.5 Å². The quantitative estimate of drug-likeness (QED) is 0.414. The molecule has 33 heavy (non-hydrogen) atoms. The van der Waals surface area contributed by atoms with Gasteiger partial charge < -0.3 is 4.90 Å². The first-order chi connectivity index (χ1) is 15.9. The number of aromatic nitrogens is 3. The molecule has 0 radical (unpaired) electrons. The van der Waals surface area contributed by atoms with Crippen molar-refractivity contribution in [2.75, 3.05) is 17.3 Å². The highest BCUT2D eigenvalue weighted by atomic mass is 32.2. The minimum atomic E-state index is -3.06. The zero-order valence-corrected chi connectivity index (χ0v) is 20.8. The van der Waals surface area contributed by atoms with Gasteiger partial charge in [0.2, 0.25) is 5.91 Å². The van der Waals surface area contributed by atoms with Crippen LogP contribution in [0.4, 0.5) is 0 Å². The zero-order chi connectivity index (χ0) is 23.4. The van der Waals surface area contributed by atoms with Crippen LogP contribution in [-0.2, 0) is 21.2 Å². The summed E-state index contributed by atoms with van der Waals surface area (Å²) in [6.07, 6.45) is 7.62. The van der Waals surface area contributed by atoms with Crippen molar-refractivity contribution in [2.45, 2.75) is 69.2 Å².